The van der Waals surface area contributed by atoms with E-state index in [1.165, 1.54) is 5.56 Å². The molecule has 0 saturated carbocycles. The van der Waals surface area contributed by atoms with Crippen molar-refractivity contribution in [2.45, 2.75) is 13.8 Å². The second-order valence-electron chi connectivity index (χ2n) is 6.81. The third-order valence-corrected chi connectivity index (χ3v) is 4.61. The third kappa shape index (κ3) is 4.30. The lowest BCUT2D eigenvalue weighted by atomic mass is 10.1. The number of aromatic nitrogens is 3. The first-order valence-corrected chi connectivity index (χ1v) is 9.52. The molecule has 0 aliphatic heterocycles. The molecule has 0 saturated heterocycles. The second-order valence-corrected chi connectivity index (χ2v) is 7.21. The lowest BCUT2D eigenvalue weighted by Gasteiger charge is -2.09. The minimum absolute atomic E-state index is 0.224. The summed E-state index contributed by atoms with van der Waals surface area (Å²) in [6.07, 6.45) is 0. The molecular weight excluding hydrogens is 382 g/mol. The fourth-order valence-corrected chi connectivity index (χ4v) is 3.12. The summed E-state index contributed by atoms with van der Waals surface area (Å²) in [5.41, 5.74) is 5.86. The molecule has 4 rings (SSSR count). The van der Waals surface area contributed by atoms with Crippen LogP contribution in [0.4, 0.5) is 5.69 Å². The van der Waals surface area contributed by atoms with E-state index in [0.29, 0.717) is 5.56 Å². The molecule has 0 bridgehead atoms. The zero-order valence-electron chi connectivity index (χ0n) is 16.0. The van der Waals surface area contributed by atoms with Crippen LogP contribution < -0.4 is 10.6 Å². The van der Waals surface area contributed by atoms with E-state index in [-0.39, 0.29) is 11.0 Å². The van der Waals surface area contributed by atoms with Crippen molar-refractivity contribution in [2.24, 2.45) is 0 Å². The van der Waals surface area contributed by atoms with Gasteiger partial charge in [0.2, 0.25) is 0 Å². The van der Waals surface area contributed by atoms with Crippen molar-refractivity contribution < 1.29 is 4.79 Å². The summed E-state index contributed by atoms with van der Waals surface area (Å²) in [4.78, 5) is 13.9. The van der Waals surface area contributed by atoms with E-state index in [1.807, 2.05) is 74.5 Å². The highest BCUT2D eigenvalue weighted by Gasteiger charge is 2.10. The van der Waals surface area contributed by atoms with E-state index in [2.05, 4.69) is 20.8 Å². The highest BCUT2D eigenvalue weighted by atomic mass is 32.1. The molecule has 0 unspecified atom stereocenters. The number of fused-ring (bicyclic) bond motifs is 1. The Kier molecular flexibility index (Phi) is 5.05. The predicted molar refractivity (Wildman–Crippen MR) is 118 cm³/mol. The van der Waals surface area contributed by atoms with E-state index in [0.717, 1.165) is 28.0 Å². The zero-order chi connectivity index (χ0) is 20.4. The average molecular weight is 401 g/mol. The Morgan fingerprint density at radius 3 is 2.41 bits per heavy atom. The van der Waals surface area contributed by atoms with Crippen LogP contribution in [0, 0.1) is 13.8 Å². The highest BCUT2D eigenvalue weighted by Crippen LogP contribution is 2.18. The number of hydrogen-bond acceptors (Lipinski definition) is 4. The maximum atomic E-state index is 12.3. The monoisotopic (exact) mass is 401 g/mol. The Morgan fingerprint density at radius 2 is 1.66 bits per heavy atom. The number of aryl methyl sites for hydroxylation is 2. The summed E-state index contributed by atoms with van der Waals surface area (Å²) in [7, 11) is 0. The molecular formula is C22H19N5OS. The standard InChI is InChI=1S/C22H19N5OS/c1-14-6-9-18(10-7-14)27-25-19-11-8-17(13-20(19)26-27)23-22(29)24-21(28)16-5-3-4-15(2)12-16/h3-13H,1-2H3,(H2,23,24,28,29). The summed E-state index contributed by atoms with van der Waals surface area (Å²) in [5, 5.41) is 15.0. The Hall–Kier alpha value is -3.58. The Morgan fingerprint density at radius 1 is 0.897 bits per heavy atom. The van der Waals surface area contributed by atoms with Crippen LogP contribution in [-0.4, -0.2) is 26.0 Å². The zero-order valence-corrected chi connectivity index (χ0v) is 16.8. The molecule has 29 heavy (non-hydrogen) atoms. The number of anilines is 1. The normalized spacial score (nSPS) is 10.7. The van der Waals surface area contributed by atoms with Crippen LogP contribution in [0.3, 0.4) is 0 Å². The number of benzene rings is 3. The lowest BCUT2D eigenvalue weighted by molar-refractivity contribution is 0.0977. The first kappa shape index (κ1) is 18.8. The van der Waals surface area contributed by atoms with Crippen molar-refractivity contribution in [2.75, 3.05) is 5.32 Å². The number of hydrogen-bond donors (Lipinski definition) is 2. The second kappa shape index (κ2) is 7.81. The number of carbonyl (C=O) groups excluding carboxylic acids is 1. The molecule has 144 valence electrons. The SMILES string of the molecule is Cc1ccc(-n2nc3ccc(NC(=S)NC(=O)c4cccc(C)c4)cc3n2)cc1. The van der Waals surface area contributed by atoms with Crippen molar-refractivity contribution in [3.63, 3.8) is 0 Å². The summed E-state index contributed by atoms with van der Waals surface area (Å²) >= 11 is 5.28. The fourth-order valence-electron chi connectivity index (χ4n) is 2.91. The van der Waals surface area contributed by atoms with E-state index in [1.54, 1.807) is 10.9 Å². The van der Waals surface area contributed by atoms with Crippen molar-refractivity contribution in [3.8, 4) is 5.69 Å². The van der Waals surface area contributed by atoms with Gasteiger partial charge in [0.1, 0.15) is 11.0 Å². The van der Waals surface area contributed by atoms with Crippen LogP contribution in [0.15, 0.2) is 66.7 Å². The van der Waals surface area contributed by atoms with Crippen molar-refractivity contribution in [3.05, 3.63) is 83.4 Å². The molecule has 4 aromatic rings. The maximum absolute atomic E-state index is 12.3. The summed E-state index contributed by atoms with van der Waals surface area (Å²) in [5.74, 6) is -0.252. The predicted octanol–water partition coefficient (Wildman–Crippen LogP) is 4.16. The lowest BCUT2D eigenvalue weighted by Crippen LogP contribution is -2.34. The van der Waals surface area contributed by atoms with Gasteiger partial charge in [0.25, 0.3) is 5.91 Å². The Bertz CT molecular complexity index is 1210. The number of nitrogens with zero attached hydrogens (tertiary/aromatic N) is 3. The smallest absolute Gasteiger partial charge is 0.257 e. The van der Waals surface area contributed by atoms with Crippen LogP contribution >= 0.6 is 12.2 Å². The molecule has 0 aliphatic rings. The topological polar surface area (TPSA) is 71.8 Å². The van der Waals surface area contributed by atoms with Gasteiger partial charge in [0.15, 0.2) is 5.11 Å². The van der Waals surface area contributed by atoms with Gasteiger partial charge in [0.05, 0.1) is 5.69 Å². The van der Waals surface area contributed by atoms with Gasteiger partial charge in [-0.1, -0.05) is 35.4 Å². The first-order chi connectivity index (χ1) is 14.0. The Balaban J connectivity index is 1.48. The van der Waals surface area contributed by atoms with Gasteiger partial charge >= 0.3 is 0 Å². The van der Waals surface area contributed by atoms with Gasteiger partial charge in [-0.25, -0.2) is 0 Å². The molecule has 0 atom stereocenters. The number of thiocarbonyl (C=S) groups is 1. The molecule has 0 radical (unpaired) electrons. The number of carbonyl (C=O) groups is 1. The summed E-state index contributed by atoms with van der Waals surface area (Å²) in [6.45, 7) is 3.97. The van der Waals surface area contributed by atoms with Crippen molar-refractivity contribution in [1.29, 1.82) is 0 Å². The maximum Gasteiger partial charge on any atom is 0.257 e. The molecule has 3 aromatic carbocycles. The van der Waals surface area contributed by atoms with Crippen LogP contribution in [-0.2, 0) is 0 Å². The van der Waals surface area contributed by atoms with E-state index in [4.69, 9.17) is 12.2 Å². The minimum Gasteiger partial charge on any atom is -0.332 e. The molecule has 0 spiro atoms. The third-order valence-electron chi connectivity index (χ3n) is 4.41. The molecule has 6 nitrogen and oxygen atoms in total. The molecule has 0 aliphatic carbocycles. The molecule has 0 fully saturated rings. The van der Waals surface area contributed by atoms with Crippen LogP contribution in [0.2, 0.25) is 0 Å². The summed E-state index contributed by atoms with van der Waals surface area (Å²) in [6, 6.07) is 20.9. The minimum atomic E-state index is -0.252. The number of rotatable bonds is 3. The quantitative estimate of drug-likeness (QED) is 0.504. The largest absolute Gasteiger partial charge is 0.332 e. The number of nitrogens with one attached hydrogen (secondary N) is 2. The highest BCUT2D eigenvalue weighted by molar-refractivity contribution is 7.80. The van der Waals surface area contributed by atoms with Gasteiger partial charge < -0.3 is 5.32 Å². The van der Waals surface area contributed by atoms with Crippen LogP contribution in [0.5, 0.6) is 0 Å². The van der Waals surface area contributed by atoms with E-state index < -0.39 is 0 Å². The fraction of sp³-hybridized carbons (Fsp3) is 0.0909. The molecule has 1 aromatic heterocycles. The Labute approximate surface area is 173 Å². The van der Waals surface area contributed by atoms with Gasteiger partial charge in [-0.3, -0.25) is 10.1 Å². The number of amides is 1. The van der Waals surface area contributed by atoms with E-state index in [9.17, 15) is 4.79 Å². The van der Waals surface area contributed by atoms with Crippen molar-refractivity contribution in [1.82, 2.24) is 20.3 Å². The van der Waals surface area contributed by atoms with Gasteiger partial charge in [-0.2, -0.15) is 4.80 Å². The molecule has 1 amide bonds. The molecule has 1 heterocycles. The van der Waals surface area contributed by atoms with Gasteiger partial charge in [0, 0.05) is 11.3 Å². The summed E-state index contributed by atoms with van der Waals surface area (Å²) < 4.78 is 0. The van der Waals surface area contributed by atoms with Crippen LogP contribution in [0.25, 0.3) is 16.7 Å². The van der Waals surface area contributed by atoms with Gasteiger partial charge in [-0.15, -0.1) is 10.2 Å². The van der Waals surface area contributed by atoms with E-state index >= 15 is 0 Å². The van der Waals surface area contributed by atoms with Crippen molar-refractivity contribution >= 4 is 40.0 Å². The van der Waals surface area contributed by atoms with Crippen LogP contribution in [0.1, 0.15) is 21.5 Å². The molecule has 2 N–H and O–H groups in total. The molecule has 7 heteroatoms. The van der Waals surface area contributed by atoms with Gasteiger partial charge in [-0.05, 0) is 68.5 Å². The first-order valence-electron chi connectivity index (χ1n) is 9.11. The average Bonchev–Trinajstić information content (AvgIpc) is 3.11.